The molecular weight excluding hydrogens is 382 g/mol. The van der Waals surface area contributed by atoms with E-state index in [9.17, 15) is 8.42 Å². The third kappa shape index (κ3) is 4.04. The van der Waals surface area contributed by atoms with Gasteiger partial charge in [0, 0.05) is 12.1 Å². The summed E-state index contributed by atoms with van der Waals surface area (Å²) in [6, 6.07) is 12.0. The predicted molar refractivity (Wildman–Crippen MR) is 92.4 cm³/mol. The van der Waals surface area contributed by atoms with Crippen LogP contribution in [0.5, 0.6) is 11.5 Å². The van der Waals surface area contributed by atoms with E-state index in [0.717, 1.165) is 5.56 Å². The first-order valence-electron chi connectivity index (χ1n) is 6.88. The molecule has 0 aromatic heterocycles. The van der Waals surface area contributed by atoms with Crippen molar-refractivity contribution in [3.05, 3.63) is 52.5 Å². The number of nitrogens with one attached hydrogen (secondary N) is 1. The van der Waals surface area contributed by atoms with Crippen molar-refractivity contribution in [3.8, 4) is 11.5 Å². The van der Waals surface area contributed by atoms with Crippen molar-refractivity contribution in [3.63, 3.8) is 0 Å². The van der Waals surface area contributed by atoms with Crippen molar-refractivity contribution in [2.24, 2.45) is 0 Å². The number of sulfonamides is 1. The normalized spacial score (nSPS) is 12.7. The maximum absolute atomic E-state index is 12.7. The summed E-state index contributed by atoms with van der Waals surface area (Å²) in [7, 11) is -0.876. The van der Waals surface area contributed by atoms with Gasteiger partial charge < -0.3 is 9.47 Å². The minimum absolute atomic E-state index is 0.0304. The minimum atomic E-state index is -3.78. The van der Waals surface area contributed by atoms with Gasteiger partial charge in [-0.1, -0.05) is 30.3 Å². The lowest BCUT2D eigenvalue weighted by molar-refractivity contribution is 0.390. The summed E-state index contributed by atoms with van der Waals surface area (Å²) < 4.78 is 39.1. The van der Waals surface area contributed by atoms with Crippen molar-refractivity contribution in [1.29, 1.82) is 0 Å². The van der Waals surface area contributed by atoms with Gasteiger partial charge in [-0.25, -0.2) is 13.1 Å². The SMILES string of the molecule is COc1cc(S(=O)(=O)NC(C)c2ccccc2)c(OC)cc1Br. The smallest absolute Gasteiger partial charge is 0.244 e. The second-order valence-corrected chi connectivity index (χ2v) is 7.43. The van der Waals surface area contributed by atoms with Gasteiger partial charge in [-0.2, -0.15) is 0 Å². The monoisotopic (exact) mass is 399 g/mol. The highest BCUT2D eigenvalue weighted by Gasteiger charge is 2.24. The molecular formula is C16H18BrNO4S. The first-order valence-corrected chi connectivity index (χ1v) is 9.15. The lowest BCUT2D eigenvalue weighted by Crippen LogP contribution is -2.27. The molecule has 124 valence electrons. The lowest BCUT2D eigenvalue weighted by atomic mass is 10.1. The van der Waals surface area contributed by atoms with Gasteiger partial charge in [0.05, 0.1) is 18.7 Å². The molecule has 0 fully saturated rings. The average Bonchev–Trinajstić information content (AvgIpc) is 2.54. The van der Waals surface area contributed by atoms with Gasteiger partial charge in [0.25, 0.3) is 0 Å². The molecule has 2 aromatic carbocycles. The van der Waals surface area contributed by atoms with E-state index in [1.807, 2.05) is 30.3 Å². The zero-order valence-electron chi connectivity index (χ0n) is 13.0. The van der Waals surface area contributed by atoms with Crippen LogP contribution in [-0.4, -0.2) is 22.6 Å². The molecule has 5 nitrogen and oxygen atoms in total. The Kier molecular flexibility index (Phi) is 5.67. The van der Waals surface area contributed by atoms with E-state index in [2.05, 4.69) is 20.7 Å². The zero-order valence-corrected chi connectivity index (χ0v) is 15.4. The fourth-order valence-corrected chi connectivity index (χ4v) is 4.03. The molecule has 2 rings (SSSR count). The Balaban J connectivity index is 2.39. The summed E-state index contributed by atoms with van der Waals surface area (Å²) in [5.41, 5.74) is 0.874. The van der Waals surface area contributed by atoms with Crippen LogP contribution in [0.2, 0.25) is 0 Å². The Morgan fingerprint density at radius 2 is 1.65 bits per heavy atom. The highest BCUT2D eigenvalue weighted by Crippen LogP contribution is 2.35. The van der Waals surface area contributed by atoms with Gasteiger partial charge >= 0.3 is 0 Å². The van der Waals surface area contributed by atoms with Crippen LogP contribution in [0.3, 0.4) is 0 Å². The number of hydrogen-bond acceptors (Lipinski definition) is 4. The number of methoxy groups -OCH3 is 2. The van der Waals surface area contributed by atoms with Crippen LogP contribution in [-0.2, 0) is 10.0 Å². The van der Waals surface area contributed by atoms with Crippen molar-refractivity contribution in [1.82, 2.24) is 4.72 Å². The molecule has 1 atom stereocenters. The van der Waals surface area contributed by atoms with E-state index in [4.69, 9.17) is 9.47 Å². The third-order valence-electron chi connectivity index (χ3n) is 3.36. The molecule has 23 heavy (non-hydrogen) atoms. The van der Waals surface area contributed by atoms with Crippen LogP contribution >= 0.6 is 15.9 Å². The second-order valence-electron chi connectivity index (χ2n) is 4.89. The summed E-state index contributed by atoms with van der Waals surface area (Å²) in [6.07, 6.45) is 0. The molecule has 0 amide bonds. The van der Waals surface area contributed by atoms with Crippen molar-refractivity contribution < 1.29 is 17.9 Å². The molecule has 1 unspecified atom stereocenters. The third-order valence-corrected chi connectivity index (χ3v) is 5.54. The molecule has 0 saturated heterocycles. The van der Waals surface area contributed by atoms with Crippen LogP contribution in [0.15, 0.2) is 51.8 Å². The summed E-state index contributed by atoms with van der Waals surface area (Å²) in [6.45, 7) is 1.79. The first-order chi connectivity index (χ1) is 10.9. The van der Waals surface area contributed by atoms with E-state index in [0.29, 0.717) is 10.2 Å². The number of halogens is 1. The molecule has 0 bridgehead atoms. The first kappa shape index (κ1) is 17.8. The molecule has 0 radical (unpaired) electrons. The van der Waals surface area contributed by atoms with E-state index >= 15 is 0 Å². The maximum Gasteiger partial charge on any atom is 0.244 e. The van der Waals surface area contributed by atoms with Gasteiger partial charge in [-0.15, -0.1) is 0 Å². The van der Waals surface area contributed by atoms with E-state index in [1.165, 1.54) is 20.3 Å². The number of ether oxygens (including phenoxy) is 2. The van der Waals surface area contributed by atoms with Gasteiger partial charge in [0.1, 0.15) is 16.4 Å². The Hall–Kier alpha value is -1.57. The molecule has 7 heteroatoms. The van der Waals surface area contributed by atoms with Crippen molar-refractivity contribution in [2.75, 3.05) is 14.2 Å². The topological polar surface area (TPSA) is 64.6 Å². The Morgan fingerprint density at radius 1 is 1.04 bits per heavy atom. The number of hydrogen-bond donors (Lipinski definition) is 1. The largest absolute Gasteiger partial charge is 0.496 e. The Bertz CT molecular complexity index is 778. The van der Waals surface area contributed by atoms with E-state index in [1.54, 1.807) is 13.0 Å². The Morgan fingerprint density at radius 3 is 2.22 bits per heavy atom. The highest BCUT2D eigenvalue weighted by molar-refractivity contribution is 9.10. The quantitative estimate of drug-likeness (QED) is 0.806. The standard InChI is InChI=1S/C16H18BrNO4S/c1-11(12-7-5-4-6-8-12)18-23(19,20)16-10-14(21-2)13(17)9-15(16)22-3/h4-11,18H,1-3H3. The Labute approximate surface area is 144 Å². The summed E-state index contributed by atoms with van der Waals surface area (Å²) in [5, 5.41) is 0. The van der Waals surface area contributed by atoms with Crippen LogP contribution < -0.4 is 14.2 Å². The van der Waals surface area contributed by atoms with Crippen molar-refractivity contribution in [2.45, 2.75) is 17.9 Å². The highest BCUT2D eigenvalue weighted by atomic mass is 79.9. The zero-order chi connectivity index (χ0) is 17.0. The van der Waals surface area contributed by atoms with E-state index in [-0.39, 0.29) is 16.7 Å². The minimum Gasteiger partial charge on any atom is -0.496 e. The molecule has 1 N–H and O–H groups in total. The molecule has 0 spiro atoms. The summed E-state index contributed by atoms with van der Waals surface area (Å²) in [4.78, 5) is 0.0304. The fourth-order valence-electron chi connectivity index (χ4n) is 2.15. The van der Waals surface area contributed by atoms with Gasteiger partial charge in [0.15, 0.2) is 0 Å². The van der Waals surface area contributed by atoms with Gasteiger partial charge in [0.2, 0.25) is 10.0 Å². The number of rotatable bonds is 6. The number of benzene rings is 2. The molecule has 0 saturated carbocycles. The fraction of sp³-hybridized carbons (Fsp3) is 0.250. The molecule has 0 aliphatic heterocycles. The van der Waals surface area contributed by atoms with Gasteiger partial charge in [-0.3, -0.25) is 0 Å². The second kappa shape index (κ2) is 7.33. The summed E-state index contributed by atoms with van der Waals surface area (Å²) in [5.74, 6) is 0.656. The molecule has 2 aromatic rings. The van der Waals surface area contributed by atoms with Crippen LogP contribution in [0.1, 0.15) is 18.5 Å². The van der Waals surface area contributed by atoms with Gasteiger partial charge in [-0.05, 0) is 34.5 Å². The maximum atomic E-state index is 12.7. The van der Waals surface area contributed by atoms with Crippen LogP contribution in [0.25, 0.3) is 0 Å². The molecule has 0 aliphatic rings. The van der Waals surface area contributed by atoms with Crippen LogP contribution in [0, 0.1) is 0 Å². The average molecular weight is 400 g/mol. The lowest BCUT2D eigenvalue weighted by Gasteiger charge is -2.17. The van der Waals surface area contributed by atoms with E-state index < -0.39 is 10.0 Å². The van der Waals surface area contributed by atoms with Crippen molar-refractivity contribution >= 4 is 26.0 Å². The molecule has 0 heterocycles. The predicted octanol–water partition coefficient (Wildman–Crippen LogP) is 3.51. The summed E-state index contributed by atoms with van der Waals surface area (Å²) >= 11 is 3.32. The van der Waals surface area contributed by atoms with Crippen LogP contribution in [0.4, 0.5) is 0 Å². The molecule has 0 aliphatic carbocycles.